The lowest BCUT2D eigenvalue weighted by Crippen LogP contribution is -2.42. The van der Waals surface area contributed by atoms with Crippen LogP contribution in [0.5, 0.6) is 0 Å². The maximum Gasteiger partial charge on any atom is 0.410 e. The average Bonchev–Trinajstić information content (AvgIpc) is 2.74. The van der Waals surface area contributed by atoms with Crippen molar-refractivity contribution in [1.29, 1.82) is 0 Å². The van der Waals surface area contributed by atoms with Gasteiger partial charge in [0.15, 0.2) is 0 Å². The van der Waals surface area contributed by atoms with Gasteiger partial charge in [-0.2, -0.15) is 0 Å². The van der Waals surface area contributed by atoms with Gasteiger partial charge < -0.3 is 29.5 Å². The van der Waals surface area contributed by atoms with Crippen molar-refractivity contribution in [2.45, 2.75) is 84.5 Å². The van der Waals surface area contributed by atoms with E-state index in [1.54, 1.807) is 15.9 Å². The number of aliphatic hydroxyl groups is 2. The van der Waals surface area contributed by atoms with Crippen molar-refractivity contribution < 1.29 is 29.3 Å². The maximum absolute atomic E-state index is 12.3. The summed E-state index contributed by atoms with van der Waals surface area (Å²) in [6.45, 7) is 17.3. The van der Waals surface area contributed by atoms with E-state index in [2.05, 4.69) is 6.58 Å². The van der Waals surface area contributed by atoms with Crippen LogP contribution < -0.4 is 0 Å². The summed E-state index contributed by atoms with van der Waals surface area (Å²) < 4.78 is 10.9. The van der Waals surface area contributed by atoms with Crippen molar-refractivity contribution in [3.05, 3.63) is 23.8 Å². The molecule has 2 rings (SSSR count). The fourth-order valence-electron chi connectivity index (χ4n) is 4.39. The Morgan fingerprint density at radius 1 is 0.882 bits per heavy atom. The monoisotopic (exact) mass is 480 g/mol. The number of ether oxygens (including phenoxy) is 2. The molecule has 0 aliphatic carbocycles. The molecule has 2 fully saturated rings. The Morgan fingerprint density at radius 2 is 1.26 bits per heavy atom. The molecule has 2 aliphatic heterocycles. The van der Waals surface area contributed by atoms with E-state index in [0.717, 1.165) is 5.57 Å². The van der Waals surface area contributed by atoms with Crippen LogP contribution in [0.25, 0.3) is 0 Å². The molecule has 0 radical (unpaired) electrons. The molecule has 1 unspecified atom stereocenters. The molecule has 0 aromatic rings. The van der Waals surface area contributed by atoms with Gasteiger partial charge in [-0.15, -0.1) is 0 Å². The highest BCUT2D eigenvalue weighted by molar-refractivity contribution is 5.68. The first kappa shape index (κ1) is 28.2. The van der Waals surface area contributed by atoms with Gasteiger partial charge in [0.05, 0.1) is 12.7 Å². The van der Waals surface area contributed by atoms with Crippen molar-refractivity contribution in [3.63, 3.8) is 0 Å². The zero-order chi connectivity index (χ0) is 25.7. The fraction of sp³-hybridized carbons (Fsp3) is 0.769. The second-order valence-corrected chi connectivity index (χ2v) is 11.4. The van der Waals surface area contributed by atoms with Crippen molar-refractivity contribution in [2.75, 3.05) is 32.8 Å². The minimum atomic E-state index is -0.857. The summed E-state index contributed by atoms with van der Waals surface area (Å²) in [6, 6.07) is 0. The number of aliphatic hydroxyl groups excluding tert-OH is 2. The summed E-state index contributed by atoms with van der Waals surface area (Å²) in [4.78, 5) is 28.0. The van der Waals surface area contributed by atoms with Crippen LogP contribution in [0.3, 0.4) is 0 Å². The number of likely N-dealkylation sites (tertiary alicyclic amines) is 2. The lowest BCUT2D eigenvalue weighted by Gasteiger charge is -2.35. The molecule has 0 spiro atoms. The van der Waals surface area contributed by atoms with Gasteiger partial charge in [0.25, 0.3) is 0 Å². The van der Waals surface area contributed by atoms with Crippen LogP contribution in [0.4, 0.5) is 9.59 Å². The van der Waals surface area contributed by atoms with Gasteiger partial charge in [-0.25, -0.2) is 9.59 Å². The molecule has 0 aromatic heterocycles. The summed E-state index contributed by atoms with van der Waals surface area (Å²) in [5, 5.41) is 20.8. The third-order valence-electron chi connectivity index (χ3n) is 6.28. The number of carbonyl (C=O) groups is 2. The van der Waals surface area contributed by atoms with E-state index in [0.29, 0.717) is 57.4 Å². The van der Waals surface area contributed by atoms with E-state index >= 15 is 0 Å². The predicted octanol–water partition coefficient (Wildman–Crippen LogP) is 4.12. The summed E-state index contributed by atoms with van der Waals surface area (Å²) in [7, 11) is 0. The highest BCUT2D eigenvalue weighted by Gasteiger charge is 2.31. The van der Waals surface area contributed by atoms with Crippen LogP contribution in [0, 0.1) is 11.8 Å². The van der Waals surface area contributed by atoms with Crippen LogP contribution >= 0.6 is 0 Å². The standard InChI is InChI=1S/C26H44N2O6/c1-18(19-8-12-27(13-9-19)23(31)33-25(2,3)4)22(30)16-21(17-29)20-10-14-28(15-11-20)24(32)34-26(5,6)7/h16,19-20,22,29-30H,1,8-15,17H2,2-7H3/b21-16-. The van der Waals surface area contributed by atoms with Crippen LogP contribution in [-0.4, -0.2) is 82.3 Å². The second-order valence-electron chi connectivity index (χ2n) is 11.4. The van der Waals surface area contributed by atoms with Gasteiger partial charge in [0.1, 0.15) is 11.2 Å². The van der Waals surface area contributed by atoms with Crippen molar-refractivity contribution in [1.82, 2.24) is 9.80 Å². The van der Waals surface area contributed by atoms with Crippen LogP contribution in [0.2, 0.25) is 0 Å². The Kier molecular flexibility index (Phi) is 9.60. The summed E-state index contributed by atoms with van der Waals surface area (Å²) in [5.74, 6) is 0.194. The molecule has 0 aromatic carbocycles. The fourth-order valence-corrected chi connectivity index (χ4v) is 4.39. The number of carbonyl (C=O) groups excluding carboxylic acids is 2. The van der Waals surface area contributed by atoms with Crippen molar-refractivity contribution in [2.24, 2.45) is 11.8 Å². The summed E-state index contributed by atoms with van der Waals surface area (Å²) in [6.07, 6.45) is 3.08. The minimum absolute atomic E-state index is 0.0962. The third kappa shape index (κ3) is 8.62. The van der Waals surface area contributed by atoms with Gasteiger partial charge in [0.2, 0.25) is 0 Å². The van der Waals surface area contributed by atoms with E-state index in [9.17, 15) is 19.8 Å². The number of amides is 2. The molecule has 8 nitrogen and oxygen atoms in total. The Hall–Kier alpha value is -2.06. The Bertz CT molecular complexity index is 748. The first-order chi connectivity index (χ1) is 15.7. The smallest absolute Gasteiger partial charge is 0.410 e. The van der Waals surface area contributed by atoms with Gasteiger partial charge in [-0.3, -0.25) is 0 Å². The van der Waals surface area contributed by atoms with E-state index in [4.69, 9.17) is 9.47 Å². The average molecular weight is 481 g/mol. The number of nitrogens with zero attached hydrogens (tertiary/aromatic N) is 2. The lowest BCUT2D eigenvalue weighted by molar-refractivity contribution is 0.0178. The molecule has 0 saturated carbocycles. The summed E-state index contributed by atoms with van der Waals surface area (Å²) >= 11 is 0. The van der Waals surface area contributed by atoms with Gasteiger partial charge in [-0.1, -0.05) is 12.7 Å². The molecule has 2 aliphatic rings. The number of rotatable bonds is 5. The van der Waals surface area contributed by atoms with E-state index in [1.807, 2.05) is 41.5 Å². The van der Waals surface area contributed by atoms with Gasteiger partial charge in [0, 0.05) is 26.2 Å². The second kappa shape index (κ2) is 11.6. The van der Waals surface area contributed by atoms with E-state index < -0.39 is 17.3 Å². The Morgan fingerprint density at radius 3 is 1.62 bits per heavy atom. The molecule has 2 N–H and O–H groups in total. The molecule has 8 heteroatoms. The largest absolute Gasteiger partial charge is 0.444 e. The normalized spacial score (nSPS) is 20.2. The molecule has 1 atom stereocenters. The quantitative estimate of drug-likeness (QED) is 0.575. The predicted molar refractivity (Wildman–Crippen MR) is 131 cm³/mol. The van der Waals surface area contributed by atoms with Gasteiger partial charge in [-0.05, 0) is 90.2 Å². The Balaban J connectivity index is 1.88. The van der Waals surface area contributed by atoms with Gasteiger partial charge >= 0.3 is 12.2 Å². The van der Waals surface area contributed by atoms with E-state index in [-0.39, 0.29) is 30.6 Å². The molecular weight excluding hydrogens is 436 g/mol. The van der Waals surface area contributed by atoms with Crippen LogP contribution in [-0.2, 0) is 9.47 Å². The lowest BCUT2D eigenvalue weighted by atomic mass is 9.84. The highest BCUT2D eigenvalue weighted by atomic mass is 16.6. The third-order valence-corrected chi connectivity index (χ3v) is 6.28. The molecule has 2 amide bonds. The first-order valence-corrected chi connectivity index (χ1v) is 12.3. The van der Waals surface area contributed by atoms with Crippen molar-refractivity contribution in [3.8, 4) is 0 Å². The molecule has 2 saturated heterocycles. The number of piperidine rings is 2. The minimum Gasteiger partial charge on any atom is -0.444 e. The zero-order valence-corrected chi connectivity index (χ0v) is 21.8. The number of hydrogen-bond acceptors (Lipinski definition) is 6. The number of hydrogen-bond donors (Lipinski definition) is 2. The molecule has 34 heavy (non-hydrogen) atoms. The molecule has 0 bridgehead atoms. The molecule has 194 valence electrons. The molecule has 2 heterocycles. The zero-order valence-electron chi connectivity index (χ0n) is 21.8. The maximum atomic E-state index is 12.3. The Labute approximate surface area is 204 Å². The van der Waals surface area contributed by atoms with Crippen LogP contribution in [0.1, 0.15) is 67.2 Å². The van der Waals surface area contributed by atoms with Crippen LogP contribution in [0.15, 0.2) is 23.8 Å². The SMILES string of the molecule is C=C(C(O)/C=C(/CO)C1CCN(C(=O)OC(C)(C)C)CC1)C1CCN(C(=O)OC(C)(C)C)CC1. The summed E-state index contributed by atoms with van der Waals surface area (Å²) in [5.41, 5.74) is 0.435. The van der Waals surface area contributed by atoms with Crippen molar-refractivity contribution >= 4 is 12.2 Å². The highest BCUT2D eigenvalue weighted by Crippen LogP contribution is 2.30. The molecular formula is C26H44N2O6. The van der Waals surface area contributed by atoms with E-state index in [1.165, 1.54) is 0 Å². The first-order valence-electron chi connectivity index (χ1n) is 12.3. The topological polar surface area (TPSA) is 99.5 Å².